The van der Waals surface area contributed by atoms with Gasteiger partial charge in [0.05, 0.1) is 0 Å². The van der Waals surface area contributed by atoms with E-state index in [1.165, 1.54) is 43.6 Å². The van der Waals surface area contributed by atoms with Crippen LogP contribution in [-0.2, 0) is 13.0 Å². The quantitative estimate of drug-likeness (QED) is 0.817. The summed E-state index contributed by atoms with van der Waals surface area (Å²) in [4.78, 5) is 2.61. The minimum atomic E-state index is 0.535. The zero-order valence-corrected chi connectivity index (χ0v) is 11.6. The molecule has 2 nitrogen and oxygen atoms in total. The van der Waals surface area contributed by atoms with E-state index in [1.54, 1.807) is 5.56 Å². The Morgan fingerprint density at radius 2 is 1.94 bits per heavy atom. The third-order valence-electron chi connectivity index (χ3n) is 4.57. The van der Waals surface area contributed by atoms with Crippen molar-refractivity contribution in [1.29, 1.82) is 0 Å². The maximum absolute atomic E-state index is 3.47. The van der Waals surface area contributed by atoms with Crippen molar-refractivity contribution >= 4 is 5.69 Å². The van der Waals surface area contributed by atoms with Crippen molar-refractivity contribution in [2.45, 2.75) is 39.7 Å². The van der Waals surface area contributed by atoms with Crippen LogP contribution in [0.3, 0.4) is 0 Å². The number of piperidine rings is 1. The highest BCUT2D eigenvalue weighted by Gasteiger charge is 2.27. The first-order valence-electron chi connectivity index (χ1n) is 7.22. The average molecular weight is 244 g/mol. The van der Waals surface area contributed by atoms with Crippen LogP contribution < -0.4 is 10.2 Å². The molecular weight excluding hydrogens is 220 g/mol. The normalized spacial score (nSPS) is 22.7. The Balaban J connectivity index is 1.85. The van der Waals surface area contributed by atoms with E-state index < -0.39 is 0 Å². The molecule has 3 rings (SSSR count). The van der Waals surface area contributed by atoms with Crippen molar-refractivity contribution in [3.63, 3.8) is 0 Å². The van der Waals surface area contributed by atoms with Crippen molar-refractivity contribution in [2.75, 3.05) is 24.5 Å². The lowest BCUT2D eigenvalue weighted by atomic mass is 9.82. The summed E-state index contributed by atoms with van der Waals surface area (Å²) >= 11 is 0. The summed E-state index contributed by atoms with van der Waals surface area (Å²) in [5.41, 5.74) is 5.14. The number of hydrogen-bond acceptors (Lipinski definition) is 2. The van der Waals surface area contributed by atoms with Crippen LogP contribution in [0.4, 0.5) is 5.69 Å². The van der Waals surface area contributed by atoms with E-state index in [0.29, 0.717) is 5.41 Å². The van der Waals surface area contributed by atoms with Gasteiger partial charge in [0.15, 0.2) is 0 Å². The summed E-state index contributed by atoms with van der Waals surface area (Å²) < 4.78 is 0. The fourth-order valence-electron chi connectivity index (χ4n) is 3.16. The minimum absolute atomic E-state index is 0.535. The minimum Gasteiger partial charge on any atom is -0.371 e. The summed E-state index contributed by atoms with van der Waals surface area (Å²) in [7, 11) is 0. The summed E-state index contributed by atoms with van der Waals surface area (Å²) in [6.45, 7) is 9.41. The molecule has 1 saturated heterocycles. The number of fused-ring (bicyclic) bond motifs is 1. The van der Waals surface area contributed by atoms with E-state index in [1.807, 2.05) is 0 Å². The molecule has 98 valence electrons. The number of hydrogen-bond donors (Lipinski definition) is 1. The van der Waals surface area contributed by atoms with Gasteiger partial charge < -0.3 is 10.2 Å². The van der Waals surface area contributed by atoms with Gasteiger partial charge in [0.1, 0.15) is 0 Å². The third kappa shape index (κ3) is 2.26. The summed E-state index contributed by atoms with van der Waals surface area (Å²) in [5.74, 6) is 0. The molecule has 0 bridgehead atoms. The fraction of sp³-hybridized carbons (Fsp3) is 0.625. The van der Waals surface area contributed by atoms with Crippen molar-refractivity contribution in [2.24, 2.45) is 5.41 Å². The first kappa shape index (κ1) is 12.0. The molecule has 2 aliphatic rings. The molecule has 2 aliphatic heterocycles. The molecule has 0 unspecified atom stereocenters. The first-order chi connectivity index (χ1) is 8.66. The highest BCUT2D eigenvalue weighted by Crippen LogP contribution is 2.34. The Hall–Kier alpha value is -1.02. The predicted octanol–water partition coefficient (Wildman–Crippen LogP) is 2.96. The van der Waals surface area contributed by atoms with Crippen molar-refractivity contribution < 1.29 is 0 Å². The molecule has 2 heterocycles. The van der Waals surface area contributed by atoms with Gasteiger partial charge in [-0.2, -0.15) is 0 Å². The molecule has 18 heavy (non-hydrogen) atoms. The van der Waals surface area contributed by atoms with Gasteiger partial charge in [-0.05, 0) is 48.4 Å². The average Bonchev–Trinajstić information content (AvgIpc) is 2.38. The molecular formula is C16H24N2. The van der Waals surface area contributed by atoms with Gasteiger partial charge in [0.25, 0.3) is 0 Å². The Labute approximate surface area is 110 Å². The largest absolute Gasteiger partial charge is 0.371 e. The maximum Gasteiger partial charge on any atom is 0.0402 e. The van der Waals surface area contributed by atoms with Crippen LogP contribution in [-0.4, -0.2) is 19.6 Å². The van der Waals surface area contributed by atoms with E-state index in [2.05, 4.69) is 42.3 Å². The van der Waals surface area contributed by atoms with Crippen molar-refractivity contribution in [3.05, 3.63) is 29.3 Å². The Morgan fingerprint density at radius 3 is 2.72 bits per heavy atom. The zero-order valence-electron chi connectivity index (χ0n) is 11.6. The van der Waals surface area contributed by atoms with Gasteiger partial charge in [-0.25, -0.2) is 0 Å². The Bertz CT molecular complexity index is 427. The molecule has 0 aliphatic carbocycles. The van der Waals surface area contributed by atoms with Gasteiger partial charge in [-0.3, -0.25) is 0 Å². The van der Waals surface area contributed by atoms with Gasteiger partial charge in [-0.1, -0.05) is 26.0 Å². The molecule has 1 aromatic rings. The van der Waals surface area contributed by atoms with Crippen LogP contribution >= 0.6 is 0 Å². The van der Waals surface area contributed by atoms with E-state index in [0.717, 1.165) is 13.1 Å². The van der Waals surface area contributed by atoms with Crippen LogP contribution in [0.25, 0.3) is 0 Å². The standard InChI is InChI=1S/C16H24N2/c1-16(2)7-10-18(11-8-16)15-5-3-4-13-12-17-9-6-14(13)15/h3-5,17H,6-12H2,1-2H3. The number of rotatable bonds is 1. The Morgan fingerprint density at radius 1 is 1.17 bits per heavy atom. The fourth-order valence-corrected chi connectivity index (χ4v) is 3.16. The smallest absolute Gasteiger partial charge is 0.0402 e. The molecule has 2 heteroatoms. The zero-order chi connectivity index (χ0) is 12.6. The lowest BCUT2D eigenvalue weighted by Crippen LogP contribution is -2.38. The lowest BCUT2D eigenvalue weighted by Gasteiger charge is -2.39. The maximum atomic E-state index is 3.47. The topological polar surface area (TPSA) is 15.3 Å². The van der Waals surface area contributed by atoms with E-state index >= 15 is 0 Å². The molecule has 0 radical (unpaired) electrons. The number of nitrogens with one attached hydrogen (secondary N) is 1. The Kier molecular flexibility index (Phi) is 3.06. The van der Waals surface area contributed by atoms with Crippen LogP contribution in [0, 0.1) is 5.41 Å². The van der Waals surface area contributed by atoms with Crippen LogP contribution in [0.15, 0.2) is 18.2 Å². The van der Waals surface area contributed by atoms with Gasteiger partial charge in [0.2, 0.25) is 0 Å². The van der Waals surface area contributed by atoms with Crippen molar-refractivity contribution in [3.8, 4) is 0 Å². The SMILES string of the molecule is CC1(C)CCN(c2cccc3c2CCNC3)CC1. The first-order valence-corrected chi connectivity index (χ1v) is 7.22. The van der Waals surface area contributed by atoms with Crippen LogP contribution in [0.5, 0.6) is 0 Å². The highest BCUT2D eigenvalue weighted by molar-refractivity contribution is 5.58. The van der Waals surface area contributed by atoms with Crippen LogP contribution in [0.2, 0.25) is 0 Å². The summed E-state index contributed by atoms with van der Waals surface area (Å²) in [6, 6.07) is 6.82. The summed E-state index contributed by atoms with van der Waals surface area (Å²) in [6.07, 6.45) is 3.81. The van der Waals surface area contributed by atoms with E-state index in [9.17, 15) is 0 Å². The van der Waals surface area contributed by atoms with Gasteiger partial charge >= 0.3 is 0 Å². The molecule has 0 spiro atoms. The van der Waals surface area contributed by atoms with Gasteiger partial charge in [0, 0.05) is 25.3 Å². The second-order valence-electron chi connectivity index (χ2n) is 6.49. The molecule has 1 fully saturated rings. The van der Waals surface area contributed by atoms with Crippen LogP contribution in [0.1, 0.15) is 37.8 Å². The molecule has 0 saturated carbocycles. The second-order valence-corrected chi connectivity index (χ2v) is 6.49. The number of nitrogens with zero attached hydrogens (tertiary/aromatic N) is 1. The van der Waals surface area contributed by atoms with E-state index in [4.69, 9.17) is 0 Å². The predicted molar refractivity (Wildman–Crippen MR) is 77.1 cm³/mol. The molecule has 1 N–H and O–H groups in total. The molecule has 1 aromatic carbocycles. The van der Waals surface area contributed by atoms with Crippen molar-refractivity contribution in [1.82, 2.24) is 5.32 Å². The monoisotopic (exact) mass is 244 g/mol. The molecule has 0 amide bonds. The summed E-state index contributed by atoms with van der Waals surface area (Å²) in [5, 5.41) is 3.47. The third-order valence-corrected chi connectivity index (χ3v) is 4.57. The lowest BCUT2D eigenvalue weighted by molar-refractivity contribution is 0.279. The van der Waals surface area contributed by atoms with Gasteiger partial charge in [-0.15, -0.1) is 0 Å². The highest BCUT2D eigenvalue weighted by atomic mass is 15.1. The molecule has 0 aromatic heterocycles. The molecule has 0 atom stereocenters. The van der Waals surface area contributed by atoms with E-state index in [-0.39, 0.29) is 0 Å². The second kappa shape index (κ2) is 4.58. The number of benzene rings is 1. The number of anilines is 1.